The molecule has 1 N–H and O–H groups in total. The Morgan fingerprint density at radius 1 is 1.50 bits per heavy atom. The van der Waals surface area contributed by atoms with Gasteiger partial charge in [-0.05, 0) is 34.1 Å². The molecule has 1 aromatic heterocycles. The van der Waals surface area contributed by atoms with Crippen LogP contribution in [0.3, 0.4) is 0 Å². The van der Waals surface area contributed by atoms with Crippen LogP contribution in [0.15, 0.2) is 39.7 Å². The molecule has 4 nitrogen and oxygen atoms in total. The van der Waals surface area contributed by atoms with Crippen molar-refractivity contribution in [2.75, 3.05) is 5.32 Å². The molecule has 0 unspecified atom stereocenters. The maximum absolute atomic E-state index is 11.7. The van der Waals surface area contributed by atoms with Crippen molar-refractivity contribution in [1.82, 2.24) is 5.16 Å². The minimum atomic E-state index is -0.266. The summed E-state index contributed by atoms with van der Waals surface area (Å²) in [4.78, 5) is 11.7. The second kappa shape index (κ2) is 4.67. The van der Waals surface area contributed by atoms with Crippen molar-refractivity contribution in [3.8, 4) is 0 Å². The van der Waals surface area contributed by atoms with E-state index in [2.05, 4.69) is 30.9 Å². The molecule has 82 valence electrons. The van der Waals surface area contributed by atoms with E-state index in [1.165, 1.54) is 12.5 Å². The molecule has 0 aliphatic heterocycles. The fourth-order valence-electron chi connectivity index (χ4n) is 1.11. The lowest BCUT2D eigenvalue weighted by molar-refractivity contribution is 0.102. The molecule has 2 rings (SSSR count). The third-order valence-electron chi connectivity index (χ3n) is 1.87. The zero-order chi connectivity index (χ0) is 11.5. The summed E-state index contributed by atoms with van der Waals surface area (Å²) in [5, 5.41) is 6.58. The highest BCUT2D eigenvalue weighted by Gasteiger charge is 2.08. The molecule has 0 saturated heterocycles. The summed E-state index contributed by atoms with van der Waals surface area (Å²) in [5.74, 6) is -0.266. The number of nitrogens with one attached hydrogen (secondary N) is 1. The van der Waals surface area contributed by atoms with Gasteiger partial charge in [-0.1, -0.05) is 16.8 Å². The molecule has 0 spiro atoms. The lowest BCUT2D eigenvalue weighted by Gasteiger charge is -2.03. The standard InChI is InChI=1S/C10H6BrClN2O2/c11-8-2-1-6(3-9(8)12)10(15)14-7-4-13-16-5-7/h1-5H,(H,14,15). The van der Waals surface area contributed by atoms with E-state index in [0.29, 0.717) is 16.3 Å². The molecule has 6 heteroatoms. The van der Waals surface area contributed by atoms with Gasteiger partial charge in [-0.2, -0.15) is 0 Å². The molecule has 0 bridgehead atoms. The minimum absolute atomic E-state index is 0.266. The van der Waals surface area contributed by atoms with E-state index in [-0.39, 0.29) is 5.91 Å². The minimum Gasteiger partial charge on any atom is -0.363 e. The van der Waals surface area contributed by atoms with Crippen molar-refractivity contribution in [2.24, 2.45) is 0 Å². The van der Waals surface area contributed by atoms with Gasteiger partial charge in [-0.15, -0.1) is 0 Å². The lowest BCUT2D eigenvalue weighted by Crippen LogP contribution is -2.11. The number of nitrogens with zero attached hydrogens (tertiary/aromatic N) is 1. The van der Waals surface area contributed by atoms with Crippen LogP contribution < -0.4 is 5.32 Å². The van der Waals surface area contributed by atoms with Crippen LogP contribution >= 0.6 is 27.5 Å². The second-order valence-corrected chi connectivity index (χ2v) is 4.26. The summed E-state index contributed by atoms with van der Waals surface area (Å²) in [6, 6.07) is 4.96. The molecule has 0 atom stereocenters. The zero-order valence-electron chi connectivity index (χ0n) is 7.91. The van der Waals surface area contributed by atoms with Crippen LogP contribution in [-0.4, -0.2) is 11.1 Å². The van der Waals surface area contributed by atoms with E-state index in [1.807, 2.05) is 0 Å². The van der Waals surface area contributed by atoms with Gasteiger partial charge >= 0.3 is 0 Å². The summed E-state index contributed by atoms with van der Waals surface area (Å²) in [6.07, 6.45) is 2.76. The maximum Gasteiger partial charge on any atom is 0.255 e. The normalized spacial score (nSPS) is 10.1. The molecule has 1 heterocycles. The van der Waals surface area contributed by atoms with E-state index in [0.717, 1.165) is 4.47 Å². The Bertz CT molecular complexity index is 514. The first kappa shape index (κ1) is 11.2. The fourth-order valence-corrected chi connectivity index (χ4v) is 1.53. The SMILES string of the molecule is O=C(Nc1cnoc1)c1ccc(Br)c(Cl)c1. The average Bonchev–Trinajstić information content (AvgIpc) is 2.74. The average molecular weight is 302 g/mol. The Morgan fingerprint density at radius 2 is 2.31 bits per heavy atom. The molecule has 0 aliphatic rings. The van der Waals surface area contributed by atoms with Gasteiger partial charge in [0.05, 0.1) is 11.2 Å². The lowest BCUT2D eigenvalue weighted by atomic mass is 10.2. The number of amides is 1. The number of halogens is 2. The number of rotatable bonds is 2. The van der Waals surface area contributed by atoms with Gasteiger partial charge in [0, 0.05) is 10.0 Å². The van der Waals surface area contributed by atoms with Crippen LogP contribution in [0.5, 0.6) is 0 Å². The van der Waals surface area contributed by atoms with Crippen molar-refractivity contribution < 1.29 is 9.32 Å². The highest BCUT2D eigenvalue weighted by atomic mass is 79.9. The first-order chi connectivity index (χ1) is 7.66. The first-order valence-corrected chi connectivity index (χ1v) is 5.49. The molecule has 0 fully saturated rings. The highest BCUT2D eigenvalue weighted by molar-refractivity contribution is 9.10. The van der Waals surface area contributed by atoms with Crippen LogP contribution in [-0.2, 0) is 0 Å². The molecule has 2 aromatic rings. The van der Waals surface area contributed by atoms with E-state index in [4.69, 9.17) is 11.6 Å². The summed E-state index contributed by atoms with van der Waals surface area (Å²) in [5.41, 5.74) is 0.971. The fraction of sp³-hybridized carbons (Fsp3) is 0. The van der Waals surface area contributed by atoms with Crippen molar-refractivity contribution >= 4 is 39.1 Å². The highest BCUT2D eigenvalue weighted by Crippen LogP contribution is 2.23. The van der Waals surface area contributed by atoms with E-state index in [1.54, 1.807) is 18.2 Å². The number of hydrogen-bond donors (Lipinski definition) is 1. The third kappa shape index (κ3) is 2.43. The smallest absolute Gasteiger partial charge is 0.255 e. The predicted octanol–water partition coefficient (Wildman–Crippen LogP) is 3.34. The summed E-state index contributed by atoms with van der Waals surface area (Å²) in [6.45, 7) is 0. The summed E-state index contributed by atoms with van der Waals surface area (Å²) >= 11 is 9.13. The van der Waals surface area contributed by atoms with Crippen LogP contribution in [0.4, 0.5) is 5.69 Å². The number of anilines is 1. The molecule has 0 radical (unpaired) electrons. The first-order valence-electron chi connectivity index (χ1n) is 4.32. The zero-order valence-corrected chi connectivity index (χ0v) is 10.2. The molecule has 16 heavy (non-hydrogen) atoms. The van der Waals surface area contributed by atoms with E-state index < -0.39 is 0 Å². The van der Waals surface area contributed by atoms with Crippen LogP contribution in [0, 0.1) is 0 Å². The van der Waals surface area contributed by atoms with Gasteiger partial charge in [0.15, 0.2) is 0 Å². The van der Waals surface area contributed by atoms with Gasteiger partial charge in [0.25, 0.3) is 5.91 Å². The molecule has 1 amide bonds. The van der Waals surface area contributed by atoms with Gasteiger partial charge < -0.3 is 9.84 Å². The van der Waals surface area contributed by atoms with Gasteiger partial charge in [-0.3, -0.25) is 4.79 Å². The molecular weight excluding hydrogens is 295 g/mol. The largest absolute Gasteiger partial charge is 0.363 e. The Morgan fingerprint density at radius 3 is 2.94 bits per heavy atom. The topological polar surface area (TPSA) is 55.1 Å². The summed E-state index contributed by atoms with van der Waals surface area (Å²) in [7, 11) is 0. The molecule has 0 aliphatic carbocycles. The summed E-state index contributed by atoms with van der Waals surface area (Å²) < 4.78 is 5.34. The second-order valence-electron chi connectivity index (χ2n) is 3.00. The van der Waals surface area contributed by atoms with Crippen LogP contribution in [0.2, 0.25) is 5.02 Å². The molecular formula is C10H6BrClN2O2. The monoisotopic (exact) mass is 300 g/mol. The quantitative estimate of drug-likeness (QED) is 0.925. The van der Waals surface area contributed by atoms with Gasteiger partial charge in [0.2, 0.25) is 0 Å². The van der Waals surface area contributed by atoms with E-state index in [9.17, 15) is 4.79 Å². The number of hydrogen-bond acceptors (Lipinski definition) is 3. The Balaban J connectivity index is 2.18. The Labute approximate surface area is 105 Å². The number of carbonyl (C=O) groups excluding carboxylic acids is 1. The third-order valence-corrected chi connectivity index (χ3v) is 3.10. The Kier molecular flexibility index (Phi) is 3.26. The molecule has 0 saturated carbocycles. The molecule has 1 aromatic carbocycles. The van der Waals surface area contributed by atoms with Crippen molar-refractivity contribution in [3.63, 3.8) is 0 Å². The predicted molar refractivity (Wildman–Crippen MR) is 63.6 cm³/mol. The van der Waals surface area contributed by atoms with Gasteiger partial charge in [0.1, 0.15) is 12.0 Å². The van der Waals surface area contributed by atoms with Crippen LogP contribution in [0.25, 0.3) is 0 Å². The van der Waals surface area contributed by atoms with Gasteiger partial charge in [-0.25, -0.2) is 0 Å². The number of aromatic nitrogens is 1. The number of benzene rings is 1. The maximum atomic E-state index is 11.7. The van der Waals surface area contributed by atoms with Crippen LogP contribution in [0.1, 0.15) is 10.4 Å². The van der Waals surface area contributed by atoms with Crippen molar-refractivity contribution in [1.29, 1.82) is 0 Å². The van der Waals surface area contributed by atoms with Crippen molar-refractivity contribution in [2.45, 2.75) is 0 Å². The van der Waals surface area contributed by atoms with E-state index >= 15 is 0 Å². The Hall–Kier alpha value is -1.33. The van der Waals surface area contributed by atoms with Crippen molar-refractivity contribution in [3.05, 3.63) is 45.7 Å². The number of carbonyl (C=O) groups is 1.